The van der Waals surface area contributed by atoms with Crippen molar-refractivity contribution >= 4 is 12.2 Å². The topological polar surface area (TPSA) is 84.2 Å². The van der Waals surface area contributed by atoms with E-state index in [-0.39, 0.29) is 12.2 Å². The SMILES string of the molecule is NC1=C(NNC=O)C=CC(=O)C1. The molecule has 5 nitrogen and oxygen atoms in total. The average Bonchev–Trinajstić information content (AvgIpc) is 2.03. The molecule has 0 fully saturated rings. The molecule has 1 rings (SSSR count). The lowest BCUT2D eigenvalue weighted by molar-refractivity contribution is -0.114. The molecule has 4 N–H and O–H groups in total. The number of carbonyl (C=O) groups excluding carboxylic acids is 2. The summed E-state index contributed by atoms with van der Waals surface area (Å²) < 4.78 is 0. The van der Waals surface area contributed by atoms with Crippen molar-refractivity contribution in [2.75, 3.05) is 0 Å². The first-order chi connectivity index (χ1) is 5.74. The maximum atomic E-state index is 10.8. The van der Waals surface area contributed by atoms with Crippen molar-refractivity contribution in [1.82, 2.24) is 10.9 Å². The second-order valence-corrected chi connectivity index (χ2v) is 2.30. The van der Waals surface area contributed by atoms with Gasteiger partial charge >= 0.3 is 0 Å². The average molecular weight is 167 g/mol. The van der Waals surface area contributed by atoms with Gasteiger partial charge in [0.25, 0.3) is 0 Å². The molecule has 1 aliphatic carbocycles. The number of allylic oxidation sites excluding steroid dienone is 3. The lowest BCUT2D eigenvalue weighted by atomic mass is 10.1. The maximum absolute atomic E-state index is 10.8. The fourth-order valence-electron chi connectivity index (χ4n) is 0.854. The van der Waals surface area contributed by atoms with Crippen LogP contribution in [0, 0.1) is 0 Å². The van der Waals surface area contributed by atoms with E-state index in [1.54, 1.807) is 0 Å². The van der Waals surface area contributed by atoms with Gasteiger partial charge in [0.15, 0.2) is 5.78 Å². The van der Waals surface area contributed by atoms with E-state index in [2.05, 4.69) is 10.9 Å². The van der Waals surface area contributed by atoms with Crippen molar-refractivity contribution in [1.29, 1.82) is 0 Å². The summed E-state index contributed by atoms with van der Waals surface area (Å²) in [6.07, 6.45) is 3.62. The van der Waals surface area contributed by atoms with Gasteiger partial charge in [-0.15, -0.1) is 0 Å². The maximum Gasteiger partial charge on any atom is 0.225 e. The van der Waals surface area contributed by atoms with Crippen LogP contribution in [0.1, 0.15) is 6.42 Å². The molecule has 1 aliphatic rings. The number of hydrogen-bond acceptors (Lipinski definition) is 4. The zero-order chi connectivity index (χ0) is 8.97. The molecule has 0 unspecified atom stereocenters. The zero-order valence-corrected chi connectivity index (χ0v) is 6.33. The molecule has 12 heavy (non-hydrogen) atoms. The van der Waals surface area contributed by atoms with E-state index in [4.69, 9.17) is 5.73 Å². The molecule has 0 bridgehead atoms. The van der Waals surface area contributed by atoms with Gasteiger partial charge in [0, 0.05) is 5.70 Å². The first kappa shape index (κ1) is 8.32. The molecule has 0 saturated carbocycles. The van der Waals surface area contributed by atoms with Gasteiger partial charge in [0.1, 0.15) is 0 Å². The van der Waals surface area contributed by atoms with Crippen molar-refractivity contribution in [2.45, 2.75) is 6.42 Å². The Kier molecular flexibility index (Phi) is 2.47. The number of ketones is 1. The molecule has 0 aromatic heterocycles. The predicted octanol–water partition coefficient (Wildman–Crippen LogP) is -1.06. The lowest BCUT2D eigenvalue weighted by Gasteiger charge is -2.12. The first-order valence-electron chi connectivity index (χ1n) is 3.38. The molecule has 0 spiro atoms. The molecule has 64 valence electrons. The molecule has 0 aromatic rings. The molecule has 0 atom stereocenters. The minimum atomic E-state index is -0.0378. The van der Waals surface area contributed by atoms with E-state index in [1.165, 1.54) is 12.2 Å². The fourth-order valence-corrected chi connectivity index (χ4v) is 0.854. The molecule has 1 amide bonds. The largest absolute Gasteiger partial charge is 0.400 e. The van der Waals surface area contributed by atoms with Crippen molar-refractivity contribution in [3.05, 3.63) is 23.5 Å². The molecule has 0 aliphatic heterocycles. The number of nitrogens with two attached hydrogens (primary N) is 1. The highest BCUT2D eigenvalue weighted by atomic mass is 16.1. The van der Waals surface area contributed by atoms with Crippen LogP contribution in [-0.4, -0.2) is 12.2 Å². The van der Waals surface area contributed by atoms with Gasteiger partial charge in [-0.2, -0.15) is 0 Å². The van der Waals surface area contributed by atoms with Crippen molar-refractivity contribution in [3.8, 4) is 0 Å². The minimum absolute atomic E-state index is 0.0378. The summed E-state index contributed by atoms with van der Waals surface area (Å²) in [5.41, 5.74) is 11.3. The second-order valence-electron chi connectivity index (χ2n) is 2.30. The first-order valence-corrected chi connectivity index (χ1v) is 3.38. The standard InChI is InChI=1S/C7H9N3O2/c8-6-3-5(12)1-2-7(6)10-9-4-11/h1-2,4,10H,3,8H2,(H,9,11). The summed E-state index contributed by atoms with van der Waals surface area (Å²) in [5, 5.41) is 0. The summed E-state index contributed by atoms with van der Waals surface area (Å²) in [4.78, 5) is 20.7. The summed E-state index contributed by atoms with van der Waals surface area (Å²) in [6, 6.07) is 0. The van der Waals surface area contributed by atoms with E-state index >= 15 is 0 Å². The third kappa shape index (κ3) is 1.85. The highest BCUT2D eigenvalue weighted by Crippen LogP contribution is 2.08. The highest BCUT2D eigenvalue weighted by Gasteiger charge is 2.09. The van der Waals surface area contributed by atoms with Crippen LogP contribution in [0.2, 0.25) is 0 Å². The van der Waals surface area contributed by atoms with Crippen LogP contribution in [0.15, 0.2) is 23.5 Å². The molecular formula is C7H9N3O2. The Balaban J connectivity index is 2.63. The number of hydrogen-bond donors (Lipinski definition) is 3. The van der Waals surface area contributed by atoms with E-state index in [0.717, 1.165) is 0 Å². The second kappa shape index (κ2) is 3.56. The van der Waals surface area contributed by atoms with Gasteiger partial charge in [-0.25, -0.2) is 0 Å². The molecule has 0 saturated heterocycles. The smallest absolute Gasteiger partial charge is 0.225 e. The third-order valence-corrected chi connectivity index (χ3v) is 1.41. The fraction of sp³-hybridized carbons (Fsp3) is 0.143. The Bertz CT molecular complexity index is 268. The van der Waals surface area contributed by atoms with Gasteiger partial charge in [0.05, 0.1) is 12.1 Å². The monoisotopic (exact) mass is 167 g/mol. The Hall–Kier alpha value is -1.78. The minimum Gasteiger partial charge on any atom is -0.400 e. The van der Waals surface area contributed by atoms with E-state index < -0.39 is 0 Å². The van der Waals surface area contributed by atoms with Crippen LogP contribution in [0.4, 0.5) is 0 Å². The number of hydrazine groups is 1. The van der Waals surface area contributed by atoms with Gasteiger partial charge in [-0.3, -0.25) is 20.4 Å². The van der Waals surface area contributed by atoms with Gasteiger partial charge in [-0.05, 0) is 12.2 Å². The Morgan fingerprint density at radius 3 is 2.83 bits per heavy atom. The summed E-state index contributed by atoms with van der Waals surface area (Å²) in [6.45, 7) is 0. The van der Waals surface area contributed by atoms with Crippen LogP contribution < -0.4 is 16.6 Å². The Morgan fingerprint density at radius 1 is 1.50 bits per heavy atom. The van der Waals surface area contributed by atoms with E-state index in [9.17, 15) is 9.59 Å². The van der Waals surface area contributed by atoms with Crippen LogP contribution in [0.3, 0.4) is 0 Å². The number of nitrogens with one attached hydrogen (secondary N) is 2. The molecular weight excluding hydrogens is 158 g/mol. The third-order valence-electron chi connectivity index (χ3n) is 1.41. The van der Waals surface area contributed by atoms with E-state index in [0.29, 0.717) is 17.8 Å². The number of carbonyl (C=O) groups is 2. The quantitative estimate of drug-likeness (QED) is 0.369. The normalized spacial score (nSPS) is 16.2. The zero-order valence-electron chi connectivity index (χ0n) is 6.33. The van der Waals surface area contributed by atoms with Crippen LogP contribution in [0.5, 0.6) is 0 Å². The molecule has 0 heterocycles. The predicted molar refractivity (Wildman–Crippen MR) is 42.3 cm³/mol. The summed E-state index contributed by atoms with van der Waals surface area (Å²) in [7, 11) is 0. The molecule has 0 aromatic carbocycles. The van der Waals surface area contributed by atoms with Crippen molar-refractivity contribution < 1.29 is 9.59 Å². The highest BCUT2D eigenvalue weighted by molar-refractivity contribution is 5.93. The van der Waals surface area contributed by atoms with Crippen LogP contribution in [-0.2, 0) is 9.59 Å². The van der Waals surface area contributed by atoms with Gasteiger partial charge < -0.3 is 5.73 Å². The Morgan fingerprint density at radius 2 is 2.25 bits per heavy atom. The van der Waals surface area contributed by atoms with E-state index in [1.807, 2.05) is 0 Å². The lowest BCUT2D eigenvalue weighted by Crippen LogP contribution is -2.32. The number of amides is 1. The molecule has 0 radical (unpaired) electrons. The Labute approximate surface area is 69.3 Å². The molecule has 5 heteroatoms. The van der Waals surface area contributed by atoms with Gasteiger partial charge in [0.2, 0.25) is 6.41 Å². The van der Waals surface area contributed by atoms with Crippen molar-refractivity contribution in [3.63, 3.8) is 0 Å². The number of rotatable bonds is 3. The van der Waals surface area contributed by atoms with Crippen LogP contribution >= 0.6 is 0 Å². The van der Waals surface area contributed by atoms with Crippen molar-refractivity contribution in [2.24, 2.45) is 5.73 Å². The van der Waals surface area contributed by atoms with Crippen LogP contribution in [0.25, 0.3) is 0 Å². The summed E-state index contributed by atoms with van der Waals surface area (Å²) in [5.74, 6) is -0.0378. The summed E-state index contributed by atoms with van der Waals surface area (Å²) >= 11 is 0. The van der Waals surface area contributed by atoms with Gasteiger partial charge in [-0.1, -0.05) is 0 Å².